The van der Waals surface area contributed by atoms with Gasteiger partial charge >= 0.3 is 12.6 Å². The Labute approximate surface area is 286 Å². The van der Waals surface area contributed by atoms with Crippen LogP contribution in [0.15, 0.2) is 60.1 Å². The number of halogens is 3. The van der Waals surface area contributed by atoms with E-state index in [0.29, 0.717) is 49.8 Å². The number of alkyl halides is 2. The average molecular weight is 699 g/mol. The Kier molecular flexibility index (Phi) is 8.92. The fraction of sp³-hybridized carbons (Fsp3) is 0.455. The van der Waals surface area contributed by atoms with E-state index in [1.165, 1.54) is 35.2 Å². The lowest BCUT2D eigenvalue weighted by Crippen LogP contribution is -2.55. The summed E-state index contributed by atoms with van der Waals surface area (Å²) in [5.74, 6) is -0.344. The van der Waals surface area contributed by atoms with Crippen LogP contribution in [-0.2, 0) is 9.53 Å². The minimum absolute atomic E-state index is 0.00419. The largest absolute Gasteiger partial charge is 0.447 e. The highest BCUT2D eigenvalue weighted by Crippen LogP contribution is 2.53. The zero-order valence-electron chi connectivity index (χ0n) is 27.0. The number of nitrogens with one attached hydrogen (secondary N) is 1. The summed E-state index contributed by atoms with van der Waals surface area (Å²) in [6.45, 7) is 5.09. The number of hydrogen-bond acceptors (Lipinski definition) is 9. The molecule has 3 N–H and O–H groups in total. The summed E-state index contributed by atoms with van der Waals surface area (Å²) in [5.41, 5.74) is 6.62. The number of rotatable bonds is 10. The fourth-order valence-corrected chi connectivity index (χ4v) is 7.14. The maximum absolute atomic E-state index is 15.1. The smallest absolute Gasteiger partial charge is 0.407 e. The Morgan fingerprint density at radius 1 is 1.29 bits per heavy atom. The molecule has 254 valence electrons. The standard InChI is InChI=1S/C33H37ClF2N8O3S/c1-31(2,3)17-33(32(4)11-9-19(10-12-32)21-14-39-43(15-21)28(35)36)27(45)44(29(37)42-33)25(16-47-30(46)41-22-6-7-22)20-5-8-24(34)23(13-20)26-38-18-40-48-26/h5,8-11,13-15,18,22,25,28H,6-7,12,16-17H2,1-4H3,(H2,37,42)(H,41,46)/t25-,32?,33+/m1/s1. The molecule has 0 spiro atoms. The molecule has 15 heteroatoms. The SMILES string of the molecule is CC(C)(C)C[C@]1(C2(C)C=CC(c3cnn(C(F)F)c3)=CC2)N=C(N)N([C@H](COC(=O)NC2CC2)c2ccc(Cl)c(-c3ncns3)c2)C1=O. The minimum atomic E-state index is -2.75. The lowest BCUT2D eigenvalue weighted by molar-refractivity contribution is -0.138. The Morgan fingerprint density at radius 2 is 2.06 bits per heavy atom. The first kappa shape index (κ1) is 33.7. The normalized spacial score (nSPS) is 23.3. The second kappa shape index (κ2) is 12.7. The van der Waals surface area contributed by atoms with E-state index in [2.05, 4.69) is 19.8 Å². The van der Waals surface area contributed by atoms with Crippen molar-refractivity contribution in [2.75, 3.05) is 6.61 Å². The van der Waals surface area contributed by atoms with Crippen LogP contribution in [0, 0.1) is 10.8 Å². The molecule has 2 aliphatic carbocycles. The van der Waals surface area contributed by atoms with Gasteiger partial charge in [-0.15, -0.1) is 0 Å². The minimum Gasteiger partial charge on any atom is -0.447 e. The zero-order chi connectivity index (χ0) is 34.4. The van der Waals surface area contributed by atoms with E-state index in [4.69, 9.17) is 27.1 Å². The third-order valence-electron chi connectivity index (χ3n) is 8.92. The predicted octanol–water partition coefficient (Wildman–Crippen LogP) is 6.76. The van der Waals surface area contributed by atoms with Crippen LogP contribution in [0.3, 0.4) is 0 Å². The van der Waals surface area contributed by atoms with Gasteiger partial charge in [-0.2, -0.15) is 18.3 Å². The maximum Gasteiger partial charge on any atom is 0.407 e. The predicted molar refractivity (Wildman–Crippen MR) is 179 cm³/mol. The molecule has 3 atom stereocenters. The lowest BCUT2D eigenvalue weighted by Gasteiger charge is -2.45. The molecule has 2 aromatic heterocycles. The second-order valence-electron chi connectivity index (χ2n) is 13.9. The van der Waals surface area contributed by atoms with Crippen molar-refractivity contribution in [2.24, 2.45) is 21.6 Å². The summed E-state index contributed by atoms with van der Waals surface area (Å²) >= 11 is 7.75. The van der Waals surface area contributed by atoms with E-state index >= 15 is 4.79 Å². The van der Waals surface area contributed by atoms with Gasteiger partial charge in [0.15, 0.2) is 11.5 Å². The number of carbonyl (C=O) groups excluding carboxylic acids is 2. The highest BCUT2D eigenvalue weighted by molar-refractivity contribution is 7.09. The molecule has 1 unspecified atom stereocenters. The topological polar surface area (TPSA) is 141 Å². The first-order valence-electron chi connectivity index (χ1n) is 15.6. The van der Waals surface area contributed by atoms with Crippen LogP contribution < -0.4 is 11.1 Å². The van der Waals surface area contributed by atoms with Gasteiger partial charge in [-0.1, -0.05) is 63.6 Å². The van der Waals surface area contributed by atoms with Gasteiger partial charge in [0.05, 0.1) is 17.3 Å². The van der Waals surface area contributed by atoms with Crippen molar-refractivity contribution in [3.05, 3.63) is 71.3 Å². The Morgan fingerprint density at radius 3 is 2.67 bits per heavy atom. The van der Waals surface area contributed by atoms with Gasteiger partial charge in [-0.05, 0) is 65.9 Å². The molecular weight excluding hydrogens is 662 g/mol. The van der Waals surface area contributed by atoms with Gasteiger partial charge in [0, 0.05) is 28.8 Å². The van der Waals surface area contributed by atoms with Crippen LogP contribution in [0.25, 0.3) is 16.1 Å². The van der Waals surface area contributed by atoms with E-state index in [1.54, 1.807) is 18.2 Å². The molecule has 1 aromatic carbocycles. The highest BCUT2D eigenvalue weighted by atomic mass is 35.5. The highest BCUT2D eigenvalue weighted by Gasteiger charge is 2.60. The van der Waals surface area contributed by atoms with Crippen LogP contribution >= 0.6 is 23.1 Å². The number of guanidine groups is 1. The summed E-state index contributed by atoms with van der Waals surface area (Å²) < 4.78 is 36.8. The molecular formula is C33H37ClF2N8O3S. The number of allylic oxidation sites excluding steroid dienone is 3. The Balaban J connectivity index is 1.37. The van der Waals surface area contributed by atoms with Crippen molar-refractivity contribution in [2.45, 2.75) is 77.6 Å². The van der Waals surface area contributed by atoms with Crippen LogP contribution in [0.2, 0.25) is 5.02 Å². The van der Waals surface area contributed by atoms with E-state index in [9.17, 15) is 13.6 Å². The molecule has 0 saturated heterocycles. The van der Waals surface area contributed by atoms with E-state index in [-0.39, 0.29) is 29.9 Å². The van der Waals surface area contributed by atoms with Crippen molar-refractivity contribution < 1.29 is 23.1 Å². The quantitative estimate of drug-likeness (QED) is 0.238. The molecule has 0 bridgehead atoms. The molecule has 1 aliphatic heterocycles. The first-order chi connectivity index (χ1) is 22.7. The molecule has 48 heavy (non-hydrogen) atoms. The number of alkyl carbamates (subject to hydrolysis) is 1. The Bertz CT molecular complexity index is 1800. The third-order valence-corrected chi connectivity index (χ3v) is 9.95. The molecule has 6 rings (SSSR count). The van der Waals surface area contributed by atoms with E-state index in [0.717, 1.165) is 12.8 Å². The van der Waals surface area contributed by atoms with Crippen molar-refractivity contribution >= 4 is 46.7 Å². The number of nitrogens with two attached hydrogens (primary N) is 1. The number of benzene rings is 1. The number of hydrogen-bond donors (Lipinski definition) is 2. The average Bonchev–Trinajstić information content (AvgIpc) is 3.38. The third kappa shape index (κ3) is 6.59. The van der Waals surface area contributed by atoms with Crippen LogP contribution in [0.5, 0.6) is 0 Å². The van der Waals surface area contributed by atoms with Gasteiger partial charge in [0.25, 0.3) is 5.91 Å². The maximum atomic E-state index is 15.1. The van der Waals surface area contributed by atoms with E-state index in [1.807, 2.05) is 45.9 Å². The molecule has 2 amide bonds. The summed E-state index contributed by atoms with van der Waals surface area (Å²) in [7, 11) is 0. The number of aromatic nitrogens is 4. The molecule has 3 aromatic rings. The number of nitrogens with zero attached hydrogens (tertiary/aromatic N) is 6. The zero-order valence-corrected chi connectivity index (χ0v) is 28.6. The summed E-state index contributed by atoms with van der Waals surface area (Å²) in [5, 5.41) is 7.61. The van der Waals surface area contributed by atoms with Crippen molar-refractivity contribution in [3.8, 4) is 10.6 Å². The molecule has 1 fully saturated rings. The van der Waals surface area contributed by atoms with Crippen molar-refractivity contribution in [1.29, 1.82) is 0 Å². The van der Waals surface area contributed by atoms with Gasteiger partial charge in [-0.25, -0.2) is 19.5 Å². The molecule has 0 radical (unpaired) electrons. The van der Waals surface area contributed by atoms with Crippen molar-refractivity contribution in [3.63, 3.8) is 0 Å². The van der Waals surface area contributed by atoms with Crippen molar-refractivity contribution in [1.82, 2.24) is 29.4 Å². The summed E-state index contributed by atoms with van der Waals surface area (Å²) in [6, 6.07) is 4.50. The lowest BCUT2D eigenvalue weighted by atomic mass is 9.61. The number of carbonyl (C=O) groups is 2. The van der Waals surface area contributed by atoms with Gasteiger partial charge in [0.1, 0.15) is 17.9 Å². The fourth-order valence-electron chi connectivity index (χ4n) is 6.32. The monoisotopic (exact) mass is 698 g/mol. The molecule has 1 saturated carbocycles. The van der Waals surface area contributed by atoms with Gasteiger partial charge in [0.2, 0.25) is 0 Å². The second-order valence-corrected chi connectivity index (χ2v) is 15.0. The number of amides is 2. The van der Waals surface area contributed by atoms with Gasteiger partial charge in [-0.3, -0.25) is 9.69 Å². The molecule has 11 nitrogen and oxygen atoms in total. The summed E-state index contributed by atoms with van der Waals surface area (Å²) in [6.07, 6.45) is 11.7. The van der Waals surface area contributed by atoms with Gasteiger partial charge < -0.3 is 15.8 Å². The molecule has 3 aliphatic rings. The van der Waals surface area contributed by atoms with Crippen LogP contribution in [-0.4, -0.2) is 60.2 Å². The number of ether oxygens (including phenoxy) is 1. The Hall–Kier alpha value is -4.17. The first-order valence-corrected chi connectivity index (χ1v) is 16.8. The number of aliphatic imine (C=N–C) groups is 1. The van der Waals surface area contributed by atoms with E-state index < -0.39 is 29.6 Å². The van der Waals surface area contributed by atoms with Crippen LogP contribution in [0.1, 0.15) is 77.1 Å². The van der Waals surface area contributed by atoms with Crippen LogP contribution in [0.4, 0.5) is 13.6 Å². The molecule has 3 heterocycles. The summed E-state index contributed by atoms with van der Waals surface area (Å²) in [4.78, 5) is 38.5.